The SMILES string of the molecule is N#CC1CCCC[C@H]1n1cc(C(N)=O)c(Nc2ccc(C(F)F)nc2)n1. The number of aromatic nitrogens is 3. The van der Waals surface area contributed by atoms with Crippen LogP contribution in [0.1, 0.15) is 54.2 Å². The molecule has 1 aliphatic rings. The Hall–Kier alpha value is -3.02. The monoisotopic (exact) mass is 360 g/mol. The summed E-state index contributed by atoms with van der Waals surface area (Å²) in [5.74, 6) is -0.629. The van der Waals surface area contributed by atoms with E-state index in [4.69, 9.17) is 5.73 Å². The third kappa shape index (κ3) is 3.64. The van der Waals surface area contributed by atoms with Gasteiger partial charge < -0.3 is 11.1 Å². The highest BCUT2D eigenvalue weighted by atomic mass is 19.3. The summed E-state index contributed by atoms with van der Waals surface area (Å²) in [5, 5.41) is 16.6. The predicted molar refractivity (Wildman–Crippen MR) is 89.8 cm³/mol. The van der Waals surface area contributed by atoms with Crippen molar-refractivity contribution in [3.8, 4) is 6.07 Å². The third-order valence-electron chi connectivity index (χ3n) is 4.51. The van der Waals surface area contributed by atoms with Crippen LogP contribution in [0.5, 0.6) is 0 Å². The van der Waals surface area contributed by atoms with Gasteiger partial charge in [0.05, 0.1) is 29.9 Å². The quantitative estimate of drug-likeness (QED) is 0.850. The van der Waals surface area contributed by atoms with Crippen LogP contribution >= 0.6 is 0 Å². The molecule has 2 aromatic heterocycles. The Balaban J connectivity index is 1.88. The number of nitrogens with one attached hydrogen (secondary N) is 1. The molecular weight excluding hydrogens is 342 g/mol. The minimum Gasteiger partial charge on any atom is -0.365 e. The molecule has 0 saturated heterocycles. The Bertz CT molecular complexity index is 827. The zero-order chi connectivity index (χ0) is 18.7. The average molecular weight is 360 g/mol. The van der Waals surface area contributed by atoms with Gasteiger partial charge in [0.2, 0.25) is 0 Å². The molecule has 0 radical (unpaired) electrons. The molecule has 3 N–H and O–H groups in total. The number of anilines is 2. The lowest BCUT2D eigenvalue weighted by Crippen LogP contribution is -2.22. The Morgan fingerprint density at radius 1 is 1.38 bits per heavy atom. The van der Waals surface area contributed by atoms with Crippen LogP contribution in [0.15, 0.2) is 24.5 Å². The zero-order valence-electron chi connectivity index (χ0n) is 13.9. The first-order chi connectivity index (χ1) is 12.5. The number of carbonyl (C=O) groups is 1. The van der Waals surface area contributed by atoms with Crippen molar-refractivity contribution in [1.29, 1.82) is 5.26 Å². The number of nitrogens with two attached hydrogens (primary N) is 1. The summed E-state index contributed by atoms with van der Waals surface area (Å²) in [4.78, 5) is 15.4. The lowest BCUT2D eigenvalue weighted by molar-refractivity contribution is 0.100. The molecule has 1 amide bonds. The number of rotatable bonds is 5. The molecular formula is C17H18F2N6O. The molecule has 2 aromatic rings. The van der Waals surface area contributed by atoms with E-state index < -0.39 is 12.3 Å². The van der Waals surface area contributed by atoms with Gasteiger partial charge in [-0.1, -0.05) is 12.8 Å². The number of nitriles is 1. The fraction of sp³-hybridized carbons (Fsp3) is 0.412. The number of nitrogens with zero attached hydrogens (tertiary/aromatic N) is 4. The molecule has 0 spiro atoms. The van der Waals surface area contributed by atoms with Gasteiger partial charge in [-0.05, 0) is 25.0 Å². The van der Waals surface area contributed by atoms with E-state index in [0.29, 0.717) is 5.69 Å². The van der Waals surface area contributed by atoms with Crippen LogP contribution in [0.3, 0.4) is 0 Å². The molecule has 2 heterocycles. The summed E-state index contributed by atoms with van der Waals surface area (Å²) in [7, 11) is 0. The van der Waals surface area contributed by atoms with Crippen molar-refractivity contribution in [3.05, 3.63) is 35.8 Å². The molecule has 1 unspecified atom stereocenters. The van der Waals surface area contributed by atoms with Crippen molar-refractivity contribution in [2.75, 3.05) is 5.32 Å². The summed E-state index contributed by atoms with van der Waals surface area (Å²) in [6.07, 6.45) is 3.67. The normalized spacial score (nSPS) is 19.9. The van der Waals surface area contributed by atoms with E-state index >= 15 is 0 Å². The summed E-state index contributed by atoms with van der Waals surface area (Å²) in [6.45, 7) is 0. The number of pyridine rings is 1. The standard InChI is InChI=1S/C17H18F2N6O/c18-15(19)13-6-5-11(8-22-13)23-17-12(16(21)26)9-25(24-17)14-4-2-1-3-10(14)7-20/h5-6,8-10,14-15H,1-4H2,(H2,21,26)(H,23,24)/t10?,14-/m1/s1. The Labute approximate surface area is 148 Å². The Morgan fingerprint density at radius 2 is 2.15 bits per heavy atom. The fourth-order valence-corrected chi connectivity index (χ4v) is 3.16. The van der Waals surface area contributed by atoms with Gasteiger partial charge >= 0.3 is 0 Å². The van der Waals surface area contributed by atoms with Crippen molar-refractivity contribution in [2.45, 2.75) is 38.2 Å². The molecule has 0 aromatic carbocycles. The Kier molecular flexibility index (Phi) is 5.11. The van der Waals surface area contributed by atoms with E-state index in [1.807, 2.05) is 0 Å². The second-order valence-electron chi connectivity index (χ2n) is 6.22. The number of amides is 1. The average Bonchev–Trinajstić information content (AvgIpc) is 3.06. The first-order valence-electron chi connectivity index (χ1n) is 8.29. The second-order valence-corrected chi connectivity index (χ2v) is 6.22. The highest BCUT2D eigenvalue weighted by molar-refractivity contribution is 5.98. The first-order valence-corrected chi connectivity index (χ1v) is 8.29. The minimum atomic E-state index is -2.65. The summed E-state index contributed by atoms with van der Waals surface area (Å²) in [5.41, 5.74) is 5.67. The zero-order valence-corrected chi connectivity index (χ0v) is 13.9. The van der Waals surface area contributed by atoms with E-state index in [0.717, 1.165) is 25.7 Å². The van der Waals surface area contributed by atoms with Crippen LogP contribution in [-0.4, -0.2) is 20.7 Å². The van der Waals surface area contributed by atoms with Crippen molar-refractivity contribution < 1.29 is 13.6 Å². The molecule has 2 atom stereocenters. The number of carbonyl (C=O) groups excluding carboxylic acids is 1. The topological polar surface area (TPSA) is 110 Å². The van der Waals surface area contributed by atoms with Gasteiger partial charge in [-0.3, -0.25) is 14.5 Å². The largest absolute Gasteiger partial charge is 0.365 e. The van der Waals surface area contributed by atoms with E-state index in [1.54, 1.807) is 4.68 Å². The van der Waals surface area contributed by atoms with Gasteiger partial charge in [-0.25, -0.2) is 8.78 Å². The highest BCUT2D eigenvalue weighted by Crippen LogP contribution is 2.34. The molecule has 1 saturated carbocycles. The minimum absolute atomic E-state index is 0.123. The number of primary amides is 1. The van der Waals surface area contributed by atoms with Crippen LogP contribution in [0.2, 0.25) is 0 Å². The van der Waals surface area contributed by atoms with Crippen molar-refractivity contribution >= 4 is 17.4 Å². The molecule has 26 heavy (non-hydrogen) atoms. The van der Waals surface area contributed by atoms with Gasteiger partial charge in [-0.15, -0.1) is 0 Å². The van der Waals surface area contributed by atoms with Gasteiger partial charge in [-0.2, -0.15) is 10.4 Å². The molecule has 1 fully saturated rings. The lowest BCUT2D eigenvalue weighted by atomic mass is 9.85. The smallest absolute Gasteiger partial charge is 0.280 e. The molecule has 3 rings (SSSR count). The fourth-order valence-electron chi connectivity index (χ4n) is 3.16. The van der Waals surface area contributed by atoms with Crippen LogP contribution in [0.4, 0.5) is 20.3 Å². The molecule has 0 bridgehead atoms. The van der Waals surface area contributed by atoms with Crippen molar-refractivity contribution in [1.82, 2.24) is 14.8 Å². The van der Waals surface area contributed by atoms with Gasteiger partial charge in [0.1, 0.15) is 11.3 Å². The Morgan fingerprint density at radius 3 is 2.77 bits per heavy atom. The lowest BCUT2D eigenvalue weighted by Gasteiger charge is -2.26. The van der Waals surface area contributed by atoms with Crippen LogP contribution in [0.25, 0.3) is 0 Å². The van der Waals surface area contributed by atoms with Crippen LogP contribution in [-0.2, 0) is 0 Å². The van der Waals surface area contributed by atoms with Crippen molar-refractivity contribution in [2.24, 2.45) is 11.7 Å². The van der Waals surface area contributed by atoms with Gasteiger partial charge in [0, 0.05) is 6.20 Å². The molecule has 0 aliphatic heterocycles. The molecule has 7 nitrogen and oxygen atoms in total. The summed E-state index contributed by atoms with van der Waals surface area (Å²) in [6, 6.07) is 4.80. The maximum atomic E-state index is 12.6. The first kappa shape index (κ1) is 17.8. The number of halogens is 2. The van der Waals surface area contributed by atoms with E-state index in [-0.39, 0.29) is 29.0 Å². The van der Waals surface area contributed by atoms with E-state index in [1.165, 1.54) is 24.5 Å². The second kappa shape index (κ2) is 7.47. The maximum absolute atomic E-state index is 12.6. The van der Waals surface area contributed by atoms with Crippen LogP contribution in [0, 0.1) is 17.2 Å². The number of alkyl halides is 2. The molecule has 136 valence electrons. The van der Waals surface area contributed by atoms with E-state index in [2.05, 4.69) is 21.5 Å². The highest BCUT2D eigenvalue weighted by Gasteiger charge is 2.28. The number of hydrogen-bond donors (Lipinski definition) is 2. The summed E-state index contributed by atoms with van der Waals surface area (Å²) < 4.78 is 26.8. The van der Waals surface area contributed by atoms with Gasteiger partial charge in [0.15, 0.2) is 5.82 Å². The summed E-state index contributed by atoms with van der Waals surface area (Å²) >= 11 is 0. The van der Waals surface area contributed by atoms with E-state index in [9.17, 15) is 18.8 Å². The molecule has 9 heteroatoms. The number of hydrogen-bond acceptors (Lipinski definition) is 5. The third-order valence-corrected chi connectivity index (χ3v) is 4.51. The van der Waals surface area contributed by atoms with Crippen molar-refractivity contribution in [3.63, 3.8) is 0 Å². The molecule has 1 aliphatic carbocycles. The van der Waals surface area contributed by atoms with Gasteiger partial charge in [0.25, 0.3) is 12.3 Å². The van der Waals surface area contributed by atoms with Crippen LogP contribution < -0.4 is 11.1 Å². The maximum Gasteiger partial charge on any atom is 0.280 e. The predicted octanol–water partition coefficient (Wildman–Crippen LogP) is 3.31.